The predicted molar refractivity (Wildman–Crippen MR) is 299 cm³/mol. The second-order valence-electron chi connectivity index (χ2n) is 23.8. The van der Waals surface area contributed by atoms with Crippen LogP contribution >= 0.6 is 0 Å². The van der Waals surface area contributed by atoms with Gasteiger partial charge in [-0.05, 0) is 124 Å². The fourth-order valence-electron chi connectivity index (χ4n) is 12.8. The number of ketones is 1. The summed E-state index contributed by atoms with van der Waals surface area (Å²) >= 11 is 0. The van der Waals surface area contributed by atoms with Crippen LogP contribution in [0.5, 0.6) is 0 Å². The van der Waals surface area contributed by atoms with Crippen LogP contribution in [0.4, 0.5) is 0 Å². The van der Waals surface area contributed by atoms with Crippen LogP contribution in [0.1, 0.15) is 159 Å². The van der Waals surface area contributed by atoms with Crippen molar-refractivity contribution in [3.8, 4) is 0 Å². The molecule has 0 unspecified atom stereocenters. The third kappa shape index (κ3) is 15.5. The van der Waals surface area contributed by atoms with Crippen LogP contribution in [0.25, 0.3) is 0 Å². The van der Waals surface area contributed by atoms with E-state index in [-0.39, 0.29) is 54.7 Å². The molecule has 3 saturated heterocycles. The molecule has 0 aliphatic carbocycles. The molecule has 0 aromatic heterocycles. The van der Waals surface area contributed by atoms with Crippen LogP contribution in [-0.4, -0.2) is 101 Å². The Morgan fingerprint density at radius 3 is 1.99 bits per heavy atom. The van der Waals surface area contributed by atoms with E-state index in [0.29, 0.717) is 49.3 Å². The van der Waals surface area contributed by atoms with Crippen molar-refractivity contribution < 1.29 is 46.8 Å². The molecule has 4 aliphatic rings. The van der Waals surface area contributed by atoms with E-state index < -0.39 is 45.8 Å². The van der Waals surface area contributed by atoms with Crippen LogP contribution in [0.15, 0.2) is 85.0 Å². The van der Waals surface area contributed by atoms with Crippen molar-refractivity contribution >= 4 is 22.4 Å². The van der Waals surface area contributed by atoms with Gasteiger partial charge in [0.05, 0.1) is 61.5 Å². The summed E-state index contributed by atoms with van der Waals surface area (Å²) in [6.45, 7) is 33.8. The molecule has 12 heteroatoms. The molecule has 4 aliphatic heterocycles. The molecule has 0 N–H and O–H groups in total. The molecule has 4 heterocycles. The van der Waals surface area contributed by atoms with Crippen molar-refractivity contribution in [2.75, 3.05) is 13.2 Å². The van der Waals surface area contributed by atoms with Gasteiger partial charge in [0.1, 0.15) is 11.7 Å². The fraction of sp³-hybridized carbons (Fsp3) is 0.721. The van der Waals surface area contributed by atoms with Crippen LogP contribution in [0, 0.1) is 5.92 Å². The zero-order chi connectivity index (χ0) is 53.0. The summed E-state index contributed by atoms with van der Waals surface area (Å²) < 4.78 is 62.0. The average Bonchev–Trinajstić information content (AvgIpc) is 3.53. The number of carbonyl (C=O) groups excluding carboxylic acids is 1. The number of hydrogen-bond acceptors (Lipinski definition) is 10. The topological polar surface area (TPSA) is 100 Å². The molecule has 0 saturated carbocycles. The van der Waals surface area contributed by atoms with E-state index in [1.165, 1.54) is 0 Å². The monoisotopic (exact) mass is 1050 g/mol. The Bertz CT molecular complexity index is 1990. The summed E-state index contributed by atoms with van der Waals surface area (Å²) in [6, 6.07) is 23.6. The third-order valence-electron chi connectivity index (χ3n) is 17.2. The highest BCUT2D eigenvalue weighted by Crippen LogP contribution is 2.48. The quantitative estimate of drug-likeness (QED) is 0.0372. The summed E-state index contributed by atoms with van der Waals surface area (Å²) in [5.74, 6) is -0.548. The summed E-state index contributed by atoms with van der Waals surface area (Å²) in [5.41, 5.74) is 2.58. The Hall–Kier alpha value is -2.34. The largest absolute Gasteiger partial charge is 0.416 e. The van der Waals surface area contributed by atoms with Gasteiger partial charge in [-0.25, -0.2) is 0 Å². The summed E-state index contributed by atoms with van der Waals surface area (Å²) in [7, 11) is -4.04. The lowest BCUT2D eigenvalue weighted by molar-refractivity contribution is -0.243. The second kappa shape index (κ2) is 26.8. The molecule has 410 valence electrons. The standard InChI is InChI=1S/C61H98O10Si2/c1-15-72(16-2,17-3)71-53-35-36-60(13,64-43-49-29-22-19-23-30-49)56(34-26-37-63-42-48-27-20-18-21-28-48)66-52(53)32-24-31-50(62)40-54-58-55(68-59(11,12)70-58)41-61(14)57(67-54)39-47(10)51(69-61)33-25-38-65-73(44(4)5,45(6)7)46(8)9/h18-24,27-31,35-36,44-47,51-58H,15-17,25-26,32-34,37-43H2,1-14H3/b31-24+/t47-,51-,52-,53+,54+,55-,56+,57-,58+,60-,61+/m0/s1. The van der Waals surface area contributed by atoms with Gasteiger partial charge in [0.25, 0.3) is 0 Å². The number of ether oxygens (including phenoxy) is 7. The Morgan fingerprint density at radius 2 is 1.37 bits per heavy atom. The lowest BCUT2D eigenvalue weighted by Gasteiger charge is -2.48. The molecule has 11 atom stereocenters. The Morgan fingerprint density at radius 1 is 0.753 bits per heavy atom. The van der Waals surface area contributed by atoms with E-state index in [2.05, 4.69) is 120 Å². The highest BCUT2D eigenvalue weighted by molar-refractivity contribution is 6.77. The van der Waals surface area contributed by atoms with E-state index in [4.69, 9.17) is 42.0 Å². The van der Waals surface area contributed by atoms with E-state index in [0.717, 1.165) is 68.0 Å². The van der Waals surface area contributed by atoms with Gasteiger partial charge in [-0.3, -0.25) is 4.79 Å². The van der Waals surface area contributed by atoms with Gasteiger partial charge in [-0.2, -0.15) is 0 Å². The zero-order valence-corrected chi connectivity index (χ0v) is 49.7. The molecule has 0 spiro atoms. The second-order valence-corrected chi connectivity index (χ2v) is 34.0. The first-order chi connectivity index (χ1) is 34.7. The molecule has 2 aromatic carbocycles. The minimum atomic E-state index is -2.09. The van der Waals surface area contributed by atoms with Crippen molar-refractivity contribution in [2.45, 2.75) is 262 Å². The number of fused-ring (bicyclic) bond motifs is 2. The van der Waals surface area contributed by atoms with Gasteiger partial charge in [-0.15, -0.1) is 0 Å². The number of hydrogen-bond donors (Lipinski definition) is 0. The first-order valence-corrected chi connectivity index (χ1v) is 33.2. The van der Waals surface area contributed by atoms with Gasteiger partial charge in [0.2, 0.25) is 0 Å². The lowest BCUT2D eigenvalue weighted by atomic mass is 9.80. The summed E-state index contributed by atoms with van der Waals surface area (Å²) in [6.07, 6.45) is 11.4. The van der Waals surface area contributed by atoms with E-state index >= 15 is 0 Å². The molecule has 2 aromatic rings. The van der Waals surface area contributed by atoms with Crippen molar-refractivity contribution in [3.63, 3.8) is 0 Å². The lowest BCUT2D eigenvalue weighted by Crippen LogP contribution is -2.54. The Balaban J connectivity index is 1.16. The summed E-state index contributed by atoms with van der Waals surface area (Å²) in [5, 5.41) is 0. The fourth-order valence-corrected chi connectivity index (χ4v) is 21.1. The van der Waals surface area contributed by atoms with Crippen molar-refractivity contribution in [3.05, 3.63) is 96.1 Å². The Labute approximate surface area is 444 Å². The maximum atomic E-state index is 14.3. The normalized spacial score (nSPS) is 30.7. The SMILES string of the molecule is CC[Si](CC)(CC)O[C@@H]1C=C[C@](C)(OCc2ccccc2)[C@@H](CCCOCc2ccccc2)O[C@H]1C/C=C/C(=O)C[C@H]1O[C@H]2C[C@H](C)[C@H](CCCO[Si](C(C)C)(C(C)C)C(C)C)O[C@]2(C)C[C@@H]2OC(C)(C)O[C@@H]21. The number of carbonyl (C=O) groups is 1. The molecule has 3 fully saturated rings. The van der Waals surface area contributed by atoms with Crippen LogP contribution in [0.2, 0.25) is 34.8 Å². The minimum absolute atomic E-state index is 0.0173. The molecule has 6 rings (SSSR count). The van der Waals surface area contributed by atoms with Crippen molar-refractivity contribution in [1.82, 2.24) is 0 Å². The van der Waals surface area contributed by atoms with E-state index in [1.807, 2.05) is 56.3 Å². The Kier molecular flexibility index (Phi) is 22.0. The minimum Gasteiger partial charge on any atom is -0.416 e. The van der Waals surface area contributed by atoms with E-state index in [9.17, 15) is 4.79 Å². The number of allylic oxidation sites excluding steroid dienone is 1. The first kappa shape index (κ1) is 59.9. The number of rotatable bonds is 27. The third-order valence-corrected chi connectivity index (χ3v) is 27.9. The average molecular weight is 1050 g/mol. The van der Waals surface area contributed by atoms with Crippen LogP contribution in [0.3, 0.4) is 0 Å². The van der Waals surface area contributed by atoms with Gasteiger partial charge in [-0.1, -0.05) is 148 Å². The van der Waals surface area contributed by atoms with Crippen molar-refractivity contribution in [1.29, 1.82) is 0 Å². The molecular formula is C61H98O10Si2. The molecule has 73 heavy (non-hydrogen) atoms. The molecule has 10 nitrogen and oxygen atoms in total. The molecule has 0 amide bonds. The van der Waals surface area contributed by atoms with E-state index in [1.54, 1.807) is 6.08 Å². The van der Waals surface area contributed by atoms with Crippen LogP contribution in [-0.2, 0) is 60.0 Å². The molecule has 0 radical (unpaired) electrons. The van der Waals surface area contributed by atoms with Gasteiger partial charge in [0.15, 0.2) is 28.2 Å². The highest BCUT2D eigenvalue weighted by Gasteiger charge is 2.57. The maximum Gasteiger partial charge on any atom is 0.200 e. The number of benzene rings is 2. The van der Waals surface area contributed by atoms with Crippen LogP contribution < -0.4 is 0 Å². The van der Waals surface area contributed by atoms with Gasteiger partial charge >= 0.3 is 0 Å². The van der Waals surface area contributed by atoms with Gasteiger partial charge < -0.3 is 42.0 Å². The summed E-state index contributed by atoms with van der Waals surface area (Å²) in [4.78, 5) is 14.3. The predicted octanol–water partition coefficient (Wildman–Crippen LogP) is 14.4. The zero-order valence-electron chi connectivity index (χ0n) is 47.7. The highest BCUT2D eigenvalue weighted by atomic mass is 28.4. The molecular weight excluding hydrogens is 949 g/mol. The van der Waals surface area contributed by atoms with Gasteiger partial charge in [0, 0.05) is 26.1 Å². The van der Waals surface area contributed by atoms with Crippen molar-refractivity contribution in [2.24, 2.45) is 5.92 Å². The maximum absolute atomic E-state index is 14.3. The first-order valence-electron chi connectivity index (χ1n) is 28.5. The smallest absolute Gasteiger partial charge is 0.200 e. The molecule has 0 bridgehead atoms.